The van der Waals surface area contributed by atoms with E-state index in [9.17, 15) is 4.79 Å². The second-order valence-corrected chi connectivity index (χ2v) is 4.68. The molecule has 0 spiro atoms. The van der Waals surface area contributed by atoms with Crippen LogP contribution in [0.1, 0.15) is 6.92 Å². The molecule has 6 nitrogen and oxygen atoms in total. The van der Waals surface area contributed by atoms with Gasteiger partial charge >= 0.3 is 5.97 Å². The summed E-state index contributed by atoms with van der Waals surface area (Å²) < 4.78 is 1.84. The SMILES string of the molecule is C[C@H](Nc1c(-c2ccncc2)nc2ccccn12)C(=O)O. The van der Waals surface area contributed by atoms with Crippen molar-refractivity contribution in [3.63, 3.8) is 0 Å². The van der Waals surface area contributed by atoms with Gasteiger partial charge in [-0.1, -0.05) is 6.07 Å². The Kier molecular flexibility index (Phi) is 3.27. The zero-order valence-electron chi connectivity index (χ0n) is 11.4. The quantitative estimate of drug-likeness (QED) is 0.767. The summed E-state index contributed by atoms with van der Waals surface area (Å²) in [5.74, 6) is -0.256. The molecule has 0 aliphatic carbocycles. The molecular formula is C15H14N4O2. The number of aliphatic carboxylic acids is 1. The van der Waals surface area contributed by atoms with Gasteiger partial charge in [0, 0.05) is 24.2 Å². The van der Waals surface area contributed by atoms with Gasteiger partial charge in [0.15, 0.2) is 0 Å². The third-order valence-corrected chi connectivity index (χ3v) is 3.21. The molecule has 21 heavy (non-hydrogen) atoms. The minimum atomic E-state index is -0.915. The zero-order chi connectivity index (χ0) is 14.8. The number of fused-ring (bicyclic) bond motifs is 1. The Morgan fingerprint density at radius 2 is 2.05 bits per heavy atom. The first-order valence-corrected chi connectivity index (χ1v) is 6.53. The monoisotopic (exact) mass is 282 g/mol. The van der Waals surface area contributed by atoms with Gasteiger partial charge in [-0.2, -0.15) is 0 Å². The molecule has 6 heteroatoms. The zero-order valence-corrected chi connectivity index (χ0v) is 11.4. The summed E-state index contributed by atoms with van der Waals surface area (Å²) in [4.78, 5) is 19.7. The Labute approximate surface area is 121 Å². The number of hydrogen-bond donors (Lipinski definition) is 2. The van der Waals surface area contributed by atoms with E-state index in [4.69, 9.17) is 5.11 Å². The third-order valence-electron chi connectivity index (χ3n) is 3.21. The van der Waals surface area contributed by atoms with Gasteiger partial charge in [-0.3, -0.25) is 14.2 Å². The van der Waals surface area contributed by atoms with Crippen molar-refractivity contribution in [3.05, 3.63) is 48.9 Å². The first kappa shape index (κ1) is 13.1. The van der Waals surface area contributed by atoms with Crippen LogP contribution in [0.5, 0.6) is 0 Å². The van der Waals surface area contributed by atoms with E-state index < -0.39 is 12.0 Å². The fourth-order valence-electron chi connectivity index (χ4n) is 2.11. The highest BCUT2D eigenvalue weighted by Crippen LogP contribution is 2.28. The van der Waals surface area contributed by atoms with Crippen molar-refractivity contribution in [2.45, 2.75) is 13.0 Å². The number of nitrogens with one attached hydrogen (secondary N) is 1. The van der Waals surface area contributed by atoms with Crippen molar-refractivity contribution < 1.29 is 9.90 Å². The van der Waals surface area contributed by atoms with Crippen LogP contribution in [-0.4, -0.2) is 31.5 Å². The van der Waals surface area contributed by atoms with Gasteiger partial charge in [0.2, 0.25) is 0 Å². The van der Waals surface area contributed by atoms with Crippen molar-refractivity contribution in [1.29, 1.82) is 0 Å². The van der Waals surface area contributed by atoms with Crippen LogP contribution in [0.25, 0.3) is 16.9 Å². The summed E-state index contributed by atoms with van der Waals surface area (Å²) in [6.07, 6.45) is 5.22. The van der Waals surface area contributed by atoms with Gasteiger partial charge in [0.1, 0.15) is 23.2 Å². The number of carboxylic acids is 1. The molecule has 1 atom stereocenters. The lowest BCUT2D eigenvalue weighted by atomic mass is 10.2. The molecule has 2 N–H and O–H groups in total. The summed E-state index contributed by atoms with van der Waals surface area (Å²) in [5.41, 5.74) is 2.34. The molecule has 3 aromatic heterocycles. The highest BCUT2D eigenvalue weighted by molar-refractivity contribution is 5.81. The van der Waals surface area contributed by atoms with Crippen molar-refractivity contribution in [2.75, 3.05) is 5.32 Å². The van der Waals surface area contributed by atoms with E-state index in [0.29, 0.717) is 11.5 Å². The predicted octanol–water partition coefficient (Wildman–Crippen LogP) is 2.28. The summed E-state index contributed by atoms with van der Waals surface area (Å²) in [7, 11) is 0. The molecule has 3 aromatic rings. The minimum Gasteiger partial charge on any atom is -0.480 e. The van der Waals surface area contributed by atoms with E-state index in [1.165, 1.54) is 0 Å². The number of nitrogens with zero attached hydrogens (tertiary/aromatic N) is 3. The summed E-state index contributed by atoms with van der Waals surface area (Å²) in [6.45, 7) is 1.60. The summed E-state index contributed by atoms with van der Waals surface area (Å²) in [5, 5.41) is 12.1. The van der Waals surface area contributed by atoms with Gasteiger partial charge in [-0.25, -0.2) is 4.98 Å². The molecule has 0 saturated carbocycles. The number of hydrogen-bond acceptors (Lipinski definition) is 4. The fourth-order valence-corrected chi connectivity index (χ4v) is 2.11. The molecule has 0 radical (unpaired) electrons. The number of aromatic nitrogens is 3. The number of pyridine rings is 2. The van der Waals surface area contributed by atoms with E-state index in [1.54, 1.807) is 19.3 Å². The molecular weight excluding hydrogens is 268 g/mol. The Bertz CT molecular complexity index is 783. The standard InChI is InChI=1S/C15H14N4O2/c1-10(15(20)21)17-14-13(11-5-7-16-8-6-11)18-12-4-2-3-9-19(12)14/h2-10,17H,1H3,(H,20,21)/t10-/m0/s1. The first-order valence-electron chi connectivity index (χ1n) is 6.53. The summed E-state index contributed by atoms with van der Waals surface area (Å²) in [6, 6.07) is 8.62. The van der Waals surface area contributed by atoms with Gasteiger partial charge < -0.3 is 10.4 Å². The second-order valence-electron chi connectivity index (χ2n) is 4.68. The van der Waals surface area contributed by atoms with Crippen LogP contribution in [-0.2, 0) is 4.79 Å². The van der Waals surface area contributed by atoms with E-state index in [-0.39, 0.29) is 0 Å². The van der Waals surface area contributed by atoms with Crippen LogP contribution in [0.4, 0.5) is 5.82 Å². The molecule has 0 aromatic carbocycles. The van der Waals surface area contributed by atoms with E-state index in [2.05, 4.69) is 15.3 Å². The minimum absolute atomic E-state index is 0.659. The van der Waals surface area contributed by atoms with Crippen LogP contribution < -0.4 is 5.32 Å². The number of anilines is 1. The third kappa shape index (κ3) is 2.43. The topological polar surface area (TPSA) is 79.5 Å². The molecule has 0 amide bonds. The van der Waals surface area contributed by atoms with E-state index >= 15 is 0 Å². The van der Waals surface area contributed by atoms with Crippen LogP contribution in [0, 0.1) is 0 Å². The van der Waals surface area contributed by atoms with E-state index in [0.717, 1.165) is 11.2 Å². The maximum atomic E-state index is 11.1. The van der Waals surface area contributed by atoms with Crippen molar-refractivity contribution >= 4 is 17.4 Å². The van der Waals surface area contributed by atoms with Gasteiger partial charge in [0.05, 0.1) is 0 Å². The normalized spacial score (nSPS) is 12.2. The molecule has 0 fully saturated rings. The number of carboxylic acid groups (broad SMARTS) is 1. The average molecular weight is 282 g/mol. The molecule has 3 heterocycles. The van der Waals surface area contributed by atoms with Crippen LogP contribution in [0.3, 0.4) is 0 Å². The Morgan fingerprint density at radius 1 is 1.29 bits per heavy atom. The number of rotatable bonds is 4. The fraction of sp³-hybridized carbons (Fsp3) is 0.133. The van der Waals surface area contributed by atoms with Crippen molar-refractivity contribution in [2.24, 2.45) is 0 Å². The highest BCUT2D eigenvalue weighted by atomic mass is 16.4. The molecule has 0 bridgehead atoms. The summed E-state index contributed by atoms with van der Waals surface area (Å²) >= 11 is 0. The van der Waals surface area contributed by atoms with Gasteiger partial charge in [-0.05, 0) is 31.2 Å². The van der Waals surface area contributed by atoms with Gasteiger partial charge in [-0.15, -0.1) is 0 Å². The lowest BCUT2D eigenvalue weighted by Crippen LogP contribution is -2.26. The molecule has 0 unspecified atom stereocenters. The number of imidazole rings is 1. The van der Waals surface area contributed by atoms with Crippen LogP contribution in [0.15, 0.2) is 48.9 Å². The highest BCUT2D eigenvalue weighted by Gasteiger charge is 2.18. The van der Waals surface area contributed by atoms with Gasteiger partial charge in [0.25, 0.3) is 0 Å². The van der Waals surface area contributed by atoms with Crippen LogP contribution in [0.2, 0.25) is 0 Å². The average Bonchev–Trinajstić information content (AvgIpc) is 2.87. The molecule has 0 aliphatic rings. The molecule has 0 aliphatic heterocycles. The largest absolute Gasteiger partial charge is 0.480 e. The Balaban J connectivity index is 2.17. The van der Waals surface area contributed by atoms with Crippen LogP contribution >= 0.6 is 0 Å². The predicted molar refractivity (Wildman–Crippen MR) is 79.1 cm³/mol. The molecule has 3 rings (SSSR count). The lowest BCUT2D eigenvalue weighted by Gasteiger charge is -2.12. The second kappa shape index (κ2) is 5.24. The smallest absolute Gasteiger partial charge is 0.325 e. The molecule has 0 saturated heterocycles. The van der Waals surface area contributed by atoms with Crippen molar-refractivity contribution in [3.8, 4) is 11.3 Å². The maximum absolute atomic E-state index is 11.1. The van der Waals surface area contributed by atoms with E-state index in [1.807, 2.05) is 40.9 Å². The Hall–Kier alpha value is -2.89. The molecule has 106 valence electrons. The lowest BCUT2D eigenvalue weighted by molar-refractivity contribution is -0.137. The first-order chi connectivity index (χ1) is 10.2. The number of carbonyl (C=O) groups is 1. The maximum Gasteiger partial charge on any atom is 0.325 e. The Morgan fingerprint density at radius 3 is 2.76 bits per heavy atom. The van der Waals surface area contributed by atoms with Crippen molar-refractivity contribution in [1.82, 2.24) is 14.4 Å².